The molecule has 0 radical (unpaired) electrons. The summed E-state index contributed by atoms with van der Waals surface area (Å²) in [6.45, 7) is 2.95. The van der Waals surface area contributed by atoms with Crippen LogP contribution in [0.15, 0.2) is 34.2 Å². The topological polar surface area (TPSA) is 141 Å². The van der Waals surface area contributed by atoms with E-state index in [4.69, 9.17) is 0 Å². The fraction of sp³-hybridized carbons (Fsp3) is 0.476. The fourth-order valence-electron chi connectivity index (χ4n) is 4.29. The number of likely N-dealkylation sites (tertiary alicyclic amines) is 1. The van der Waals surface area contributed by atoms with Gasteiger partial charge in [0.25, 0.3) is 5.69 Å². The summed E-state index contributed by atoms with van der Waals surface area (Å²) in [4.78, 5) is 50.6. The van der Waals surface area contributed by atoms with Crippen molar-refractivity contribution >= 4 is 46.9 Å². The van der Waals surface area contributed by atoms with Crippen molar-refractivity contribution in [1.82, 2.24) is 9.80 Å². The van der Waals surface area contributed by atoms with Gasteiger partial charge in [-0.15, -0.1) is 11.8 Å². The Balaban J connectivity index is 1.38. The molecule has 33 heavy (non-hydrogen) atoms. The Kier molecular flexibility index (Phi) is 6.80. The summed E-state index contributed by atoms with van der Waals surface area (Å²) in [7, 11) is 0. The molecular formula is C21H23N3O7S2. The van der Waals surface area contributed by atoms with Gasteiger partial charge in [0.2, 0.25) is 5.91 Å². The molecule has 4 atom stereocenters. The summed E-state index contributed by atoms with van der Waals surface area (Å²) in [5, 5.41) is 30.0. The van der Waals surface area contributed by atoms with E-state index < -0.39 is 22.9 Å². The average molecular weight is 494 g/mol. The molecule has 0 aromatic heterocycles. The third kappa shape index (κ3) is 4.79. The third-order valence-electron chi connectivity index (χ3n) is 5.86. The van der Waals surface area contributed by atoms with Crippen molar-refractivity contribution in [2.24, 2.45) is 5.92 Å². The molecular weight excluding hydrogens is 470 g/mol. The zero-order valence-corrected chi connectivity index (χ0v) is 19.4. The monoisotopic (exact) mass is 493 g/mol. The highest BCUT2D eigenvalue weighted by Crippen LogP contribution is 2.55. The van der Waals surface area contributed by atoms with Gasteiger partial charge in [-0.3, -0.25) is 29.5 Å². The van der Waals surface area contributed by atoms with Gasteiger partial charge in [0, 0.05) is 29.5 Å². The van der Waals surface area contributed by atoms with E-state index in [2.05, 4.69) is 0 Å². The quantitative estimate of drug-likeness (QED) is 0.227. The second-order valence-electron chi connectivity index (χ2n) is 8.34. The Morgan fingerprint density at radius 2 is 2.15 bits per heavy atom. The van der Waals surface area contributed by atoms with Gasteiger partial charge in [0.15, 0.2) is 11.5 Å². The molecule has 3 aliphatic heterocycles. The maximum Gasteiger partial charge on any atom is 0.354 e. The number of carboxylic acid groups (broad SMARTS) is 1. The molecule has 2 N–H and O–H groups in total. The number of carbonyl (C=O) groups is 3. The van der Waals surface area contributed by atoms with Crippen LogP contribution in [0.5, 0.6) is 0 Å². The number of β-lactam (4-membered cyclic amide) rings is 1. The van der Waals surface area contributed by atoms with E-state index in [0.29, 0.717) is 23.7 Å². The molecule has 4 rings (SSSR count). The van der Waals surface area contributed by atoms with E-state index >= 15 is 0 Å². The molecule has 2 saturated heterocycles. The van der Waals surface area contributed by atoms with Crippen LogP contribution in [0.25, 0.3) is 0 Å². The number of nitro groups is 1. The number of carboxylic acids is 1. The molecule has 10 nitrogen and oxygen atoms in total. The minimum Gasteiger partial charge on any atom is -0.477 e. The number of amides is 1. The van der Waals surface area contributed by atoms with E-state index in [0.717, 1.165) is 6.42 Å². The lowest BCUT2D eigenvalue weighted by Crippen LogP contribution is -2.57. The van der Waals surface area contributed by atoms with Gasteiger partial charge >= 0.3 is 5.97 Å². The SMILES string of the molecule is C[C@H](O)C[C@@H]1C(=O)N2C(C(=O)O)=C(S[C@H]3CCN(CC(=O)c4cccc([N+](=O)[O-])c4)C3)S[C@H]12. The van der Waals surface area contributed by atoms with Crippen molar-refractivity contribution in [3.63, 3.8) is 0 Å². The Bertz CT molecular complexity index is 1040. The molecule has 2 fully saturated rings. The van der Waals surface area contributed by atoms with Crippen LogP contribution < -0.4 is 0 Å². The summed E-state index contributed by atoms with van der Waals surface area (Å²) in [6, 6.07) is 5.66. The summed E-state index contributed by atoms with van der Waals surface area (Å²) in [5.41, 5.74) is 0.165. The molecule has 0 bridgehead atoms. The number of hydrogen-bond acceptors (Lipinski definition) is 9. The normalized spacial score (nSPS) is 25.7. The molecule has 1 aromatic carbocycles. The number of nitrogens with zero attached hydrogens (tertiary/aromatic N) is 3. The first-order chi connectivity index (χ1) is 15.7. The zero-order chi connectivity index (χ0) is 23.9. The molecule has 0 spiro atoms. The molecule has 176 valence electrons. The Hall–Kier alpha value is -2.41. The maximum atomic E-state index is 12.6. The number of thioether (sulfide) groups is 2. The van der Waals surface area contributed by atoms with Crippen molar-refractivity contribution in [3.8, 4) is 0 Å². The van der Waals surface area contributed by atoms with Crippen LogP contribution in [0.4, 0.5) is 5.69 Å². The molecule has 12 heteroatoms. The number of aliphatic hydroxyl groups is 1. The van der Waals surface area contributed by atoms with Crippen LogP contribution in [0.2, 0.25) is 0 Å². The van der Waals surface area contributed by atoms with E-state index in [1.165, 1.54) is 46.6 Å². The number of ketones is 1. The molecule has 1 aromatic rings. The molecule has 3 heterocycles. The van der Waals surface area contributed by atoms with E-state index in [9.17, 15) is 34.7 Å². The van der Waals surface area contributed by atoms with Crippen LogP contribution in [0.3, 0.4) is 0 Å². The molecule has 0 aliphatic carbocycles. The molecule has 0 unspecified atom stereocenters. The average Bonchev–Trinajstić information content (AvgIpc) is 3.34. The van der Waals surface area contributed by atoms with Crippen molar-refractivity contribution < 1.29 is 29.5 Å². The van der Waals surface area contributed by atoms with Crippen molar-refractivity contribution in [2.45, 2.75) is 36.5 Å². The number of hydrogen-bond donors (Lipinski definition) is 2. The predicted molar refractivity (Wildman–Crippen MR) is 123 cm³/mol. The predicted octanol–water partition coefficient (Wildman–Crippen LogP) is 2.14. The van der Waals surface area contributed by atoms with Crippen LogP contribution in [-0.2, 0) is 9.59 Å². The van der Waals surface area contributed by atoms with E-state index in [-0.39, 0.29) is 45.8 Å². The lowest BCUT2D eigenvalue weighted by molar-refractivity contribution is -0.384. The number of aliphatic carboxylic acids is 1. The molecule has 3 aliphatic rings. The highest BCUT2D eigenvalue weighted by Gasteiger charge is 2.56. The summed E-state index contributed by atoms with van der Waals surface area (Å²) >= 11 is 2.78. The summed E-state index contributed by atoms with van der Waals surface area (Å²) in [6.07, 6.45) is 0.410. The number of rotatable bonds is 9. The second-order valence-corrected chi connectivity index (χ2v) is 11.0. The smallest absolute Gasteiger partial charge is 0.354 e. The minimum atomic E-state index is -1.15. The maximum absolute atomic E-state index is 12.6. The first kappa shape index (κ1) is 23.7. The first-order valence-corrected chi connectivity index (χ1v) is 12.2. The summed E-state index contributed by atoms with van der Waals surface area (Å²) < 4.78 is 0.589. The minimum absolute atomic E-state index is 0.00737. The molecule has 0 saturated carbocycles. The number of benzene rings is 1. The van der Waals surface area contributed by atoms with Crippen LogP contribution in [-0.4, -0.2) is 79.0 Å². The number of nitro benzene ring substituents is 1. The largest absolute Gasteiger partial charge is 0.477 e. The Morgan fingerprint density at radius 3 is 2.82 bits per heavy atom. The van der Waals surface area contributed by atoms with Crippen molar-refractivity contribution in [1.29, 1.82) is 0 Å². The van der Waals surface area contributed by atoms with Crippen molar-refractivity contribution in [2.75, 3.05) is 19.6 Å². The van der Waals surface area contributed by atoms with Gasteiger partial charge in [-0.1, -0.05) is 23.9 Å². The number of Topliss-reactive ketones (excluding diaryl/α,β-unsaturated/α-hetero) is 1. The first-order valence-electron chi connectivity index (χ1n) is 10.5. The standard InChI is InChI=1S/C21H23N3O7S2/c1-11(25)7-15-18(27)23-17(20(28)29)21(33-19(15)23)32-14-5-6-22(9-14)10-16(26)12-3-2-4-13(8-12)24(30)31/h2-4,8,11,14-15,19,25H,5-7,9-10H2,1H3,(H,28,29)/t11-,14-,15+,19+/m0/s1. The molecule has 1 amide bonds. The van der Waals surface area contributed by atoms with E-state index in [1.807, 2.05) is 4.90 Å². The lowest BCUT2D eigenvalue weighted by Gasteiger charge is -2.42. The van der Waals surface area contributed by atoms with Gasteiger partial charge in [-0.05, 0) is 26.3 Å². The van der Waals surface area contributed by atoms with Gasteiger partial charge in [0.05, 0.1) is 33.1 Å². The van der Waals surface area contributed by atoms with E-state index in [1.54, 1.807) is 13.0 Å². The second kappa shape index (κ2) is 9.45. The van der Waals surface area contributed by atoms with Gasteiger partial charge < -0.3 is 10.2 Å². The Labute approximate surface area is 198 Å². The number of carbonyl (C=O) groups excluding carboxylic acids is 2. The zero-order valence-electron chi connectivity index (χ0n) is 17.7. The Morgan fingerprint density at radius 1 is 1.39 bits per heavy atom. The van der Waals surface area contributed by atoms with Gasteiger partial charge in [-0.2, -0.15) is 0 Å². The van der Waals surface area contributed by atoms with Crippen LogP contribution >= 0.6 is 23.5 Å². The fourth-order valence-corrected chi connectivity index (χ4v) is 7.55. The third-order valence-corrected chi connectivity index (χ3v) is 8.75. The van der Waals surface area contributed by atoms with Gasteiger partial charge in [0.1, 0.15) is 0 Å². The number of fused-ring (bicyclic) bond motifs is 1. The van der Waals surface area contributed by atoms with Gasteiger partial charge in [-0.25, -0.2) is 4.79 Å². The van der Waals surface area contributed by atoms with Crippen molar-refractivity contribution in [3.05, 3.63) is 49.9 Å². The number of non-ortho nitro benzene ring substituents is 1. The van der Waals surface area contributed by atoms with Crippen LogP contribution in [0.1, 0.15) is 30.1 Å². The highest BCUT2D eigenvalue weighted by atomic mass is 32.2. The highest BCUT2D eigenvalue weighted by molar-refractivity contribution is 8.23. The lowest BCUT2D eigenvalue weighted by atomic mass is 9.91. The van der Waals surface area contributed by atoms with Crippen LogP contribution in [0, 0.1) is 16.0 Å². The number of aliphatic hydroxyl groups excluding tert-OH is 1. The summed E-state index contributed by atoms with van der Waals surface area (Å²) in [5.74, 6) is -2.01.